The Bertz CT molecular complexity index is 600. The van der Waals surface area contributed by atoms with Crippen molar-refractivity contribution in [2.24, 2.45) is 0 Å². The first-order valence-electron chi connectivity index (χ1n) is 6.55. The van der Waals surface area contributed by atoms with E-state index >= 15 is 0 Å². The van der Waals surface area contributed by atoms with E-state index in [9.17, 15) is 8.78 Å². The largest absolute Gasteiger partial charge is 0.488 e. The van der Waals surface area contributed by atoms with Crippen LogP contribution < -0.4 is 4.74 Å². The minimum atomic E-state index is -0.852. The minimum absolute atomic E-state index is 0.0106. The predicted octanol–water partition coefficient (Wildman–Crippen LogP) is 4.84. The summed E-state index contributed by atoms with van der Waals surface area (Å²) in [5.74, 6) is -1.00. The molecule has 0 unspecified atom stereocenters. The van der Waals surface area contributed by atoms with Crippen LogP contribution in [0.1, 0.15) is 31.9 Å². The summed E-state index contributed by atoms with van der Waals surface area (Å²) in [7, 11) is 0. The van der Waals surface area contributed by atoms with Crippen molar-refractivity contribution in [2.75, 3.05) is 0 Å². The number of hydrogen-bond acceptors (Lipinski definition) is 1. The van der Waals surface area contributed by atoms with Crippen molar-refractivity contribution < 1.29 is 13.5 Å². The minimum Gasteiger partial charge on any atom is -0.488 e. The van der Waals surface area contributed by atoms with Crippen molar-refractivity contribution in [2.45, 2.75) is 32.8 Å². The van der Waals surface area contributed by atoms with Crippen LogP contribution in [-0.2, 0) is 12.0 Å². The summed E-state index contributed by atoms with van der Waals surface area (Å²) in [6.45, 7) is 6.25. The molecule has 20 heavy (non-hydrogen) atoms. The van der Waals surface area contributed by atoms with Gasteiger partial charge in [-0.2, -0.15) is 0 Å². The summed E-state index contributed by atoms with van der Waals surface area (Å²) in [6.07, 6.45) is 0. The van der Waals surface area contributed by atoms with Crippen LogP contribution in [0.15, 0.2) is 42.5 Å². The van der Waals surface area contributed by atoms with Gasteiger partial charge in [0.2, 0.25) is 0 Å². The van der Waals surface area contributed by atoms with Gasteiger partial charge in [-0.05, 0) is 23.1 Å². The highest BCUT2D eigenvalue weighted by Gasteiger charge is 2.18. The smallest absolute Gasteiger partial charge is 0.165 e. The topological polar surface area (TPSA) is 9.23 Å². The molecule has 0 aliphatic rings. The average Bonchev–Trinajstić information content (AvgIpc) is 2.40. The van der Waals surface area contributed by atoms with Crippen molar-refractivity contribution >= 4 is 0 Å². The number of benzene rings is 2. The molecule has 0 saturated heterocycles. The van der Waals surface area contributed by atoms with Crippen LogP contribution in [-0.4, -0.2) is 0 Å². The van der Waals surface area contributed by atoms with Gasteiger partial charge >= 0.3 is 0 Å². The highest BCUT2D eigenvalue weighted by molar-refractivity contribution is 5.38. The molecule has 0 saturated carbocycles. The Hall–Kier alpha value is -1.90. The predicted molar refractivity (Wildman–Crippen MR) is 75.8 cm³/mol. The zero-order chi connectivity index (χ0) is 14.8. The molecule has 2 aromatic rings. The molecular weight excluding hydrogens is 258 g/mol. The molecule has 106 valence electrons. The Morgan fingerprint density at radius 1 is 0.950 bits per heavy atom. The van der Waals surface area contributed by atoms with Crippen LogP contribution in [0, 0.1) is 11.6 Å². The normalized spacial score (nSPS) is 11.4. The molecule has 1 nitrogen and oxygen atoms in total. The maximum Gasteiger partial charge on any atom is 0.165 e. The monoisotopic (exact) mass is 276 g/mol. The molecule has 0 heterocycles. The SMILES string of the molecule is CC(C)(C)c1ccccc1OCc1cccc(F)c1F. The van der Waals surface area contributed by atoms with E-state index in [1.807, 2.05) is 24.3 Å². The van der Waals surface area contributed by atoms with Crippen LogP contribution in [0.5, 0.6) is 5.75 Å². The molecule has 0 aliphatic heterocycles. The maximum atomic E-state index is 13.6. The number of halogens is 2. The van der Waals surface area contributed by atoms with Crippen molar-refractivity contribution in [1.82, 2.24) is 0 Å². The highest BCUT2D eigenvalue weighted by atomic mass is 19.2. The maximum absolute atomic E-state index is 13.6. The van der Waals surface area contributed by atoms with Crippen LogP contribution in [0.2, 0.25) is 0 Å². The summed E-state index contributed by atoms with van der Waals surface area (Å²) >= 11 is 0. The van der Waals surface area contributed by atoms with Gasteiger partial charge in [-0.25, -0.2) is 8.78 Å². The van der Waals surface area contributed by atoms with E-state index in [2.05, 4.69) is 20.8 Å². The first kappa shape index (κ1) is 14.5. The van der Waals surface area contributed by atoms with Crippen molar-refractivity contribution in [3.05, 3.63) is 65.2 Å². The number of ether oxygens (including phenoxy) is 1. The van der Waals surface area contributed by atoms with Crippen molar-refractivity contribution in [1.29, 1.82) is 0 Å². The summed E-state index contributed by atoms with van der Waals surface area (Å²) in [5, 5.41) is 0. The molecule has 2 aromatic carbocycles. The first-order chi connectivity index (χ1) is 9.39. The van der Waals surface area contributed by atoms with Gasteiger partial charge in [0, 0.05) is 5.56 Å². The summed E-state index contributed by atoms with van der Waals surface area (Å²) < 4.78 is 32.4. The fourth-order valence-electron chi connectivity index (χ4n) is 2.03. The Morgan fingerprint density at radius 3 is 2.35 bits per heavy atom. The van der Waals surface area contributed by atoms with Gasteiger partial charge in [-0.15, -0.1) is 0 Å². The second-order valence-electron chi connectivity index (χ2n) is 5.75. The van der Waals surface area contributed by atoms with Gasteiger partial charge in [-0.3, -0.25) is 0 Å². The lowest BCUT2D eigenvalue weighted by atomic mass is 9.86. The zero-order valence-electron chi connectivity index (χ0n) is 11.9. The molecule has 2 rings (SSSR count). The van der Waals surface area contributed by atoms with E-state index in [-0.39, 0.29) is 17.6 Å². The molecular formula is C17H18F2O. The van der Waals surface area contributed by atoms with Gasteiger partial charge in [0.1, 0.15) is 12.4 Å². The third kappa shape index (κ3) is 3.16. The third-order valence-electron chi connectivity index (χ3n) is 3.11. The molecule has 0 amide bonds. The van der Waals surface area contributed by atoms with Crippen molar-refractivity contribution in [3.8, 4) is 5.75 Å². The second kappa shape index (κ2) is 5.61. The lowest BCUT2D eigenvalue weighted by molar-refractivity contribution is 0.289. The van der Waals surface area contributed by atoms with Crippen LogP contribution in [0.25, 0.3) is 0 Å². The van der Waals surface area contributed by atoms with E-state index in [4.69, 9.17) is 4.74 Å². The van der Waals surface area contributed by atoms with Crippen LogP contribution >= 0.6 is 0 Å². The van der Waals surface area contributed by atoms with E-state index in [0.29, 0.717) is 5.75 Å². The summed E-state index contributed by atoms with van der Waals surface area (Å²) in [6, 6.07) is 11.7. The average molecular weight is 276 g/mol. The highest BCUT2D eigenvalue weighted by Crippen LogP contribution is 2.31. The van der Waals surface area contributed by atoms with Gasteiger partial charge in [0.25, 0.3) is 0 Å². The first-order valence-corrected chi connectivity index (χ1v) is 6.55. The summed E-state index contributed by atoms with van der Waals surface area (Å²) in [5.41, 5.74) is 1.18. The molecule has 0 N–H and O–H groups in total. The Kier molecular flexibility index (Phi) is 4.07. The molecule has 0 atom stereocenters. The number of para-hydroxylation sites is 1. The molecule has 0 aromatic heterocycles. The zero-order valence-corrected chi connectivity index (χ0v) is 11.9. The van der Waals surface area contributed by atoms with E-state index in [1.54, 1.807) is 0 Å². The van der Waals surface area contributed by atoms with Crippen LogP contribution in [0.4, 0.5) is 8.78 Å². The summed E-state index contributed by atoms with van der Waals surface area (Å²) in [4.78, 5) is 0. The van der Waals surface area contributed by atoms with E-state index in [0.717, 1.165) is 11.6 Å². The number of rotatable bonds is 3. The fraction of sp³-hybridized carbons (Fsp3) is 0.294. The lowest BCUT2D eigenvalue weighted by Crippen LogP contribution is -2.13. The third-order valence-corrected chi connectivity index (χ3v) is 3.11. The van der Waals surface area contributed by atoms with Gasteiger partial charge in [-0.1, -0.05) is 51.1 Å². The standard InChI is InChI=1S/C17H18F2O/c1-17(2,3)13-8-4-5-10-15(13)20-11-12-7-6-9-14(18)16(12)19/h4-10H,11H2,1-3H3. The van der Waals surface area contributed by atoms with Gasteiger partial charge < -0.3 is 4.74 Å². The van der Waals surface area contributed by atoms with E-state index in [1.165, 1.54) is 12.1 Å². The van der Waals surface area contributed by atoms with Gasteiger partial charge in [0.05, 0.1) is 0 Å². The molecule has 0 fully saturated rings. The molecule has 0 spiro atoms. The Balaban J connectivity index is 2.22. The fourth-order valence-corrected chi connectivity index (χ4v) is 2.03. The van der Waals surface area contributed by atoms with E-state index < -0.39 is 11.6 Å². The molecule has 0 aliphatic carbocycles. The second-order valence-corrected chi connectivity index (χ2v) is 5.75. The lowest BCUT2D eigenvalue weighted by Gasteiger charge is -2.22. The Morgan fingerprint density at radius 2 is 1.65 bits per heavy atom. The number of hydrogen-bond donors (Lipinski definition) is 0. The molecule has 0 bridgehead atoms. The Labute approximate surface area is 118 Å². The van der Waals surface area contributed by atoms with Gasteiger partial charge in [0.15, 0.2) is 11.6 Å². The molecule has 0 radical (unpaired) electrons. The van der Waals surface area contributed by atoms with Crippen molar-refractivity contribution in [3.63, 3.8) is 0 Å². The van der Waals surface area contributed by atoms with Crippen LogP contribution in [0.3, 0.4) is 0 Å². The quantitative estimate of drug-likeness (QED) is 0.779. The molecule has 3 heteroatoms.